The Morgan fingerprint density at radius 3 is 2.56 bits per heavy atom. The Balaban J connectivity index is 2.25. The first-order chi connectivity index (χ1) is 8.60. The highest BCUT2D eigenvalue weighted by atomic mass is 16.5. The number of hydrogen-bond donors (Lipinski definition) is 2. The first-order valence-corrected chi connectivity index (χ1v) is 5.52. The molecule has 2 N–H and O–H groups in total. The third-order valence-electron chi connectivity index (χ3n) is 2.71. The summed E-state index contributed by atoms with van der Waals surface area (Å²) in [6.45, 7) is 1.53. The van der Waals surface area contributed by atoms with E-state index in [2.05, 4.69) is 9.97 Å². The fourth-order valence-electron chi connectivity index (χ4n) is 1.59. The SMILES string of the molecule is COc1ccc(Cc2nc(O)c(C)c(=O)[nH]2)cc1. The molecule has 0 bridgehead atoms. The lowest BCUT2D eigenvalue weighted by atomic mass is 10.1. The monoisotopic (exact) mass is 246 g/mol. The standard InChI is InChI=1S/C13H14N2O3/c1-8-12(16)14-11(15-13(8)17)7-9-3-5-10(18-2)6-4-9/h3-6H,7H2,1-2H3,(H2,14,15,16,17). The van der Waals surface area contributed by atoms with Crippen LogP contribution in [0.2, 0.25) is 0 Å². The number of methoxy groups -OCH3 is 1. The lowest BCUT2D eigenvalue weighted by Crippen LogP contribution is -2.14. The quantitative estimate of drug-likeness (QED) is 0.858. The van der Waals surface area contributed by atoms with Gasteiger partial charge in [-0.3, -0.25) is 4.79 Å². The number of aromatic hydroxyl groups is 1. The van der Waals surface area contributed by atoms with Gasteiger partial charge in [0, 0.05) is 6.42 Å². The van der Waals surface area contributed by atoms with E-state index in [-0.39, 0.29) is 17.0 Å². The predicted octanol–water partition coefficient (Wildman–Crippen LogP) is 1.38. The van der Waals surface area contributed by atoms with Crippen LogP contribution in [0.25, 0.3) is 0 Å². The molecule has 0 radical (unpaired) electrons. The van der Waals surface area contributed by atoms with Crippen LogP contribution in [-0.2, 0) is 6.42 Å². The summed E-state index contributed by atoms with van der Waals surface area (Å²) in [5.74, 6) is 0.988. The van der Waals surface area contributed by atoms with E-state index in [4.69, 9.17) is 4.74 Å². The molecule has 0 aliphatic heterocycles. The van der Waals surface area contributed by atoms with Crippen LogP contribution < -0.4 is 10.3 Å². The number of rotatable bonds is 3. The number of aromatic nitrogens is 2. The van der Waals surface area contributed by atoms with Gasteiger partial charge < -0.3 is 14.8 Å². The van der Waals surface area contributed by atoms with E-state index in [1.807, 2.05) is 24.3 Å². The fourth-order valence-corrected chi connectivity index (χ4v) is 1.59. The number of benzene rings is 1. The molecule has 0 spiro atoms. The van der Waals surface area contributed by atoms with E-state index in [1.54, 1.807) is 7.11 Å². The molecule has 0 saturated heterocycles. The van der Waals surface area contributed by atoms with E-state index < -0.39 is 0 Å². The summed E-state index contributed by atoms with van der Waals surface area (Å²) in [5, 5.41) is 9.49. The lowest BCUT2D eigenvalue weighted by molar-refractivity contribution is 0.414. The number of nitrogens with zero attached hydrogens (tertiary/aromatic N) is 1. The summed E-state index contributed by atoms with van der Waals surface area (Å²) in [6, 6.07) is 7.44. The molecule has 2 aromatic rings. The van der Waals surface area contributed by atoms with Gasteiger partial charge in [-0.1, -0.05) is 12.1 Å². The molecular formula is C13H14N2O3. The Hall–Kier alpha value is -2.30. The van der Waals surface area contributed by atoms with Crippen molar-refractivity contribution < 1.29 is 9.84 Å². The second-order valence-corrected chi connectivity index (χ2v) is 3.99. The number of H-pyrrole nitrogens is 1. The number of ether oxygens (including phenoxy) is 1. The van der Waals surface area contributed by atoms with E-state index in [1.165, 1.54) is 6.92 Å². The first kappa shape index (κ1) is 12.2. The van der Waals surface area contributed by atoms with E-state index in [0.717, 1.165) is 11.3 Å². The highest BCUT2D eigenvalue weighted by molar-refractivity contribution is 5.29. The summed E-state index contributed by atoms with van der Waals surface area (Å²) in [6.07, 6.45) is 0.451. The van der Waals surface area contributed by atoms with E-state index in [9.17, 15) is 9.90 Å². The average Bonchev–Trinajstić information content (AvgIpc) is 2.37. The van der Waals surface area contributed by atoms with Crippen molar-refractivity contribution in [2.75, 3.05) is 7.11 Å². The van der Waals surface area contributed by atoms with Gasteiger partial charge in [-0.05, 0) is 24.6 Å². The smallest absolute Gasteiger partial charge is 0.257 e. The van der Waals surface area contributed by atoms with Gasteiger partial charge in [0.05, 0.1) is 12.7 Å². The van der Waals surface area contributed by atoms with Crippen LogP contribution in [-0.4, -0.2) is 22.2 Å². The van der Waals surface area contributed by atoms with Gasteiger partial charge in [-0.25, -0.2) is 0 Å². The summed E-state index contributed by atoms with van der Waals surface area (Å²) in [7, 11) is 1.60. The minimum absolute atomic E-state index is 0.220. The molecule has 0 unspecified atom stereocenters. The van der Waals surface area contributed by atoms with Crippen molar-refractivity contribution in [1.29, 1.82) is 0 Å². The highest BCUT2D eigenvalue weighted by Crippen LogP contribution is 2.14. The van der Waals surface area contributed by atoms with Crippen LogP contribution >= 0.6 is 0 Å². The Kier molecular flexibility index (Phi) is 3.32. The molecule has 5 nitrogen and oxygen atoms in total. The van der Waals surface area contributed by atoms with Crippen molar-refractivity contribution in [2.24, 2.45) is 0 Å². The third-order valence-corrected chi connectivity index (χ3v) is 2.71. The van der Waals surface area contributed by atoms with Crippen LogP contribution in [0.5, 0.6) is 11.6 Å². The van der Waals surface area contributed by atoms with Crippen molar-refractivity contribution in [3.8, 4) is 11.6 Å². The van der Waals surface area contributed by atoms with E-state index >= 15 is 0 Å². The van der Waals surface area contributed by atoms with Gasteiger partial charge in [0.1, 0.15) is 11.6 Å². The Bertz CT molecular complexity index is 603. The molecule has 0 aliphatic rings. The van der Waals surface area contributed by atoms with Gasteiger partial charge in [-0.2, -0.15) is 4.98 Å². The van der Waals surface area contributed by atoms with Crippen molar-refractivity contribution in [3.63, 3.8) is 0 Å². The van der Waals surface area contributed by atoms with Gasteiger partial charge >= 0.3 is 0 Å². The summed E-state index contributed by atoms with van der Waals surface area (Å²) >= 11 is 0. The topological polar surface area (TPSA) is 75.2 Å². The number of nitrogens with one attached hydrogen (secondary N) is 1. The van der Waals surface area contributed by atoms with Gasteiger partial charge in [0.15, 0.2) is 0 Å². The predicted molar refractivity (Wildman–Crippen MR) is 67.1 cm³/mol. The second kappa shape index (κ2) is 4.91. The van der Waals surface area contributed by atoms with Crippen LogP contribution in [0.15, 0.2) is 29.1 Å². The number of hydrogen-bond acceptors (Lipinski definition) is 4. The molecule has 0 saturated carbocycles. The highest BCUT2D eigenvalue weighted by Gasteiger charge is 2.06. The Morgan fingerprint density at radius 1 is 1.33 bits per heavy atom. The Labute approximate surface area is 104 Å². The van der Waals surface area contributed by atoms with Gasteiger partial charge in [0.2, 0.25) is 5.88 Å². The van der Waals surface area contributed by atoms with E-state index in [0.29, 0.717) is 12.2 Å². The maximum Gasteiger partial charge on any atom is 0.257 e. The van der Waals surface area contributed by atoms with Crippen molar-refractivity contribution in [3.05, 3.63) is 51.6 Å². The van der Waals surface area contributed by atoms with Crippen molar-refractivity contribution in [2.45, 2.75) is 13.3 Å². The zero-order valence-corrected chi connectivity index (χ0v) is 10.2. The summed E-state index contributed by atoms with van der Waals surface area (Å²) in [5.41, 5.74) is 0.890. The minimum Gasteiger partial charge on any atom is -0.497 e. The van der Waals surface area contributed by atoms with Gasteiger partial charge in [-0.15, -0.1) is 0 Å². The fraction of sp³-hybridized carbons (Fsp3) is 0.231. The third kappa shape index (κ3) is 2.51. The summed E-state index contributed by atoms with van der Waals surface area (Å²) < 4.78 is 5.06. The maximum atomic E-state index is 11.5. The van der Waals surface area contributed by atoms with Crippen LogP contribution in [0.1, 0.15) is 17.0 Å². The van der Waals surface area contributed by atoms with Crippen molar-refractivity contribution >= 4 is 0 Å². The molecule has 18 heavy (non-hydrogen) atoms. The lowest BCUT2D eigenvalue weighted by Gasteiger charge is -2.04. The zero-order valence-electron chi connectivity index (χ0n) is 10.2. The maximum absolute atomic E-state index is 11.5. The first-order valence-electron chi connectivity index (χ1n) is 5.52. The molecular weight excluding hydrogens is 232 g/mol. The molecule has 5 heteroatoms. The molecule has 94 valence electrons. The second-order valence-electron chi connectivity index (χ2n) is 3.99. The van der Waals surface area contributed by atoms with Crippen LogP contribution in [0.3, 0.4) is 0 Å². The molecule has 0 amide bonds. The van der Waals surface area contributed by atoms with Crippen molar-refractivity contribution in [1.82, 2.24) is 9.97 Å². The molecule has 0 atom stereocenters. The Morgan fingerprint density at radius 2 is 2.00 bits per heavy atom. The average molecular weight is 246 g/mol. The zero-order chi connectivity index (χ0) is 13.1. The molecule has 1 heterocycles. The van der Waals surface area contributed by atoms with Crippen LogP contribution in [0.4, 0.5) is 0 Å². The minimum atomic E-state index is -0.314. The molecule has 2 rings (SSSR count). The summed E-state index contributed by atoms with van der Waals surface area (Å²) in [4.78, 5) is 18.1. The largest absolute Gasteiger partial charge is 0.497 e. The molecule has 1 aromatic carbocycles. The van der Waals surface area contributed by atoms with Gasteiger partial charge in [0.25, 0.3) is 5.56 Å². The molecule has 1 aromatic heterocycles. The normalized spacial score (nSPS) is 10.3. The van der Waals surface area contributed by atoms with Crippen LogP contribution in [0, 0.1) is 6.92 Å². The molecule has 0 aliphatic carbocycles. The molecule has 0 fully saturated rings. The number of aromatic amines is 1.